The molecule has 0 saturated heterocycles. The number of hydrogen-bond donors (Lipinski definition) is 2. The summed E-state index contributed by atoms with van der Waals surface area (Å²) in [5.74, 6) is -0.465. The first kappa shape index (κ1) is 19.6. The Balaban J connectivity index is 1.50. The maximum absolute atomic E-state index is 12.8. The van der Waals surface area contributed by atoms with Gasteiger partial charge in [-0.3, -0.25) is 9.59 Å². The predicted octanol–water partition coefficient (Wildman–Crippen LogP) is 4.08. The van der Waals surface area contributed by atoms with Crippen molar-refractivity contribution in [2.24, 2.45) is 0 Å². The Morgan fingerprint density at radius 3 is 2.55 bits per heavy atom. The molecule has 2 N–H and O–H groups in total. The molecule has 5 nitrogen and oxygen atoms in total. The van der Waals surface area contributed by atoms with Crippen LogP contribution in [0.15, 0.2) is 60.8 Å². The molecule has 4 rings (SSSR count). The number of halogens is 1. The molecule has 0 radical (unpaired) electrons. The molecule has 3 aromatic rings. The lowest BCUT2D eigenvalue weighted by atomic mass is 10.1. The van der Waals surface area contributed by atoms with Crippen molar-refractivity contribution < 1.29 is 9.59 Å². The van der Waals surface area contributed by atoms with Crippen molar-refractivity contribution in [1.82, 2.24) is 15.6 Å². The Morgan fingerprint density at radius 2 is 1.83 bits per heavy atom. The third-order valence-corrected chi connectivity index (χ3v) is 6.02. The third kappa shape index (κ3) is 5.02. The average molecular weight is 426 g/mol. The van der Waals surface area contributed by atoms with E-state index in [0.29, 0.717) is 21.3 Å². The van der Waals surface area contributed by atoms with Crippen LogP contribution in [0.5, 0.6) is 0 Å². The Hall–Kier alpha value is -2.70. The highest BCUT2D eigenvalue weighted by Gasteiger charge is 2.29. The largest absolute Gasteiger partial charge is 0.352 e. The molecular weight excluding hydrogens is 406 g/mol. The summed E-state index contributed by atoms with van der Waals surface area (Å²) >= 11 is 7.49. The SMILES string of the molecule is O=C(NC(Cc1ccccc1)C(=O)NC1CC1)c1cnc(-c2ccccc2Cl)s1. The minimum absolute atomic E-state index is 0.152. The smallest absolute Gasteiger partial charge is 0.263 e. The van der Waals surface area contributed by atoms with Gasteiger partial charge < -0.3 is 10.6 Å². The van der Waals surface area contributed by atoms with E-state index in [-0.39, 0.29) is 17.9 Å². The van der Waals surface area contributed by atoms with Gasteiger partial charge in [0.15, 0.2) is 0 Å². The lowest BCUT2D eigenvalue weighted by molar-refractivity contribution is -0.123. The number of aromatic nitrogens is 1. The third-order valence-electron chi connectivity index (χ3n) is 4.66. The average Bonchev–Trinajstić information content (AvgIpc) is 3.40. The van der Waals surface area contributed by atoms with Crippen LogP contribution in [-0.4, -0.2) is 28.9 Å². The number of nitrogens with zero attached hydrogens (tertiary/aromatic N) is 1. The summed E-state index contributed by atoms with van der Waals surface area (Å²) in [6.45, 7) is 0. The van der Waals surface area contributed by atoms with Crippen LogP contribution in [0.1, 0.15) is 28.1 Å². The first-order valence-electron chi connectivity index (χ1n) is 9.46. The first-order valence-corrected chi connectivity index (χ1v) is 10.7. The molecule has 1 heterocycles. The van der Waals surface area contributed by atoms with Crippen molar-refractivity contribution in [3.8, 4) is 10.6 Å². The van der Waals surface area contributed by atoms with E-state index in [1.165, 1.54) is 17.5 Å². The van der Waals surface area contributed by atoms with Gasteiger partial charge in [0, 0.05) is 18.0 Å². The topological polar surface area (TPSA) is 71.1 Å². The van der Waals surface area contributed by atoms with E-state index in [4.69, 9.17) is 11.6 Å². The summed E-state index contributed by atoms with van der Waals surface area (Å²) in [6, 6.07) is 16.6. The quantitative estimate of drug-likeness (QED) is 0.599. The summed E-state index contributed by atoms with van der Waals surface area (Å²) in [6.07, 6.45) is 3.94. The summed E-state index contributed by atoms with van der Waals surface area (Å²) in [7, 11) is 0. The van der Waals surface area contributed by atoms with Gasteiger partial charge in [0.1, 0.15) is 15.9 Å². The van der Waals surface area contributed by atoms with E-state index in [1.54, 1.807) is 6.07 Å². The summed E-state index contributed by atoms with van der Waals surface area (Å²) in [5, 5.41) is 7.12. The van der Waals surface area contributed by atoms with Crippen molar-refractivity contribution in [1.29, 1.82) is 0 Å². The normalized spacial score (nSPS) is 14.2. The van der Waals surface area contributed by atoms with Gasteiger partial charge in [-0.05, 0) is 24.5 Å². The molecule has 1 aliphatic carbocycles. The molecule has 0 aliphatic heterocycles. The van der Waals surface area contributed by atoms with Gasteiger partial charge in [0.05, 0.1) is 11.2 Å². The molecule has 1 unspecified atom stereocenters. The number of rotatable bonds is 7. The molecule has 7 heteroatoms. The van der Waals surface area contributed by atoms with Gasteiger partial charge in [-0.1, -0.05) is 60.1 Å². The number of thiazole rings is 1. The van der Waals surface area contributed by atoms with E-state index in [0.717, 1.165) is 24.0 Å². The van der Waals surface area contributed by atoms with Crippen molar-refractivity contribution in [2.75, 3.05) is 0 Å². The van der Waals surface area contributed by atoms with Crippen LogP contribution >= 0.6 is 22.9 Å². The highest BCUT2D eigenvalue weighted by atomic mass is 35.5. The molecule has 29 heavy (non-hydrogen) atoms. The lowest BCUT2D eigenvalue weighted by Crippen LogP contribution is -2.48. The molecule has 1 aromatic heterocycles. The molecule has 1 saturated carbocycles. The Kier molecular flexibility index (Phi) is 5.92. The molecule has 1 atom stereocenters. The van der Waals surface area contributed by atoms with E-state index < -0.39 is 6.04 Å². The van der Waals surface area contributed by atoms with Gasteiger partial charge in [0.25, 0.3) is 5.91 Å². The van der Waals surface area contributed by atoms with Gasteiger partial charge in [-0.25, -0.2) is 4.98 Å². The number of amides is 2. The molecule has 2 amide bonds. The fourth-order valence-electron chi connectivity index (χ4n) is 2.96. The zero-order chi connectivity index (χ0) is 20.2. The highest BCUT2D eigenvalue weighted by Crippen LogP contribution is 2.31. The van der Waals surface area contributed by atoms with E-state index in [2.05, 4.69) is 15.6 Å². The standard InChI is InChI=1S/C22H20ClN3O2S/c23-17-9-5-4-8-16(17)22-24-13-19(29-22)21(28)26-18(20(27)25-15-10-11-15)12-14-6-2-1-3-7-14/h1-9,13,15,18H,10-12H2,(H,25,27)(H,26,28). The number of benzene rings is 2. The van der Waals surface area contributed by atoms with Gasteiger partial charge in [0.2, 0.25) is 5.91 Å². The van der Waals surface area contributed by atoms with Crippen LogP contribution in [0.3, 0.4) is 0 Å². The van der Waals surface area contributed by atoms with Crippen LogP contribution < -0.4 is 10.6 Å². The number of carbonyl (C=O) groups excluding carboxylic acids is 2. The van der Waals surface area contributed by atoms with Crippen LogP contribution in [-0.2, 0) is 11.2 Å². The lowest BCUT2D eigenvalue weighted by Gasteiger charge is -2.18. The highest BCUT2D eigenvalue weighted by molar-refractivity contribution is 7.17. The Labute approximate surface area is 178 Å². The maximum Gasteiger partial charge on any atom is 0.263 e. The van der Waals surface area contributed by atoms with E-state index >= 15 is 0 Å². The Bertz CT molecular complexity index is 1020. The second-order valence-electron chi connectivity index (χ2n) is 7.01. The second-order valence-corrected chi connectivity index (χ2v) is 8.45. The van der Waals surface area contributed by atoms with Crippen molar-refractivity contribution in [2.45, 2.75) is 31.3 Å². The molecule has 2 aromatic carbocycles. The minimum Gasteiger partial charge on any atom is -0.352 e. The van der Waals surface area contributed by atoms with Gasteiger partial charge >= 0.3 is 0 Å². The molecule has 1 fully saturated rings. The fourth-order valence-corrected chi connectivity index (χ4v) is 4.10. The van der Waals surface area contributed by atoms with Crippen molar-refractivity contribution in [3.63, 3.8) is 0 Å². The molecule has 148 valence electrons. The summed E-state index contributed by atoms with van der Waals surface area (Å²) in [4.78, 5) is 30.3. The Morgan fingerprint density at radius 1 is 1.10 bits per heavy atom. The molecule has 0 spiro atoms. The predicted molar refractivity (Wildman–Crippen MR) is 115 cm³/mol. The monoisotopic (exact) mass is 425 g/mol. The van der Waals surface area contributed by atoms with E-state index in [9.17, 15) is 9.59 Å². The van der Waals surface area contributed by atoms with Crippen LogP contribution in [0.4, 0.5) is 0 Å². The van der Waals surface area contributed by atoms with Gasteiger partial charge in [-0.2, -0.15) is 0 Å². The first-order chi connectivity index (χ1) is 14.1. The molecular formula is C22H20ClN3O2S. The molecule has 0 bridgehead atoms. The van der Waals surface area contributed by atoms with Crippen molar-refractivity contribution >= 4 is 34.8 Å². The summed E-state index contributed by atoms with van der Waals surface area (Å²) < 4.78 is 0. The number of carbonyl (C=O) groups is 2. The maximum atomic E-state index is 12.8. The zero-order valence-electron chi connectivity index (χ0n) is 15.6. The van der Waals surface area contributed by atoms with Gasteiger partial charge in [-0.15, -0.1) is 11.3 Å². The van der Waals surface area contributed by atoms with Crippen molar-refractivity contribution in [3.05, 3.63) is 76.3 Å². The zero-order valence-corrected chi connectivity index (χ0v) is 17.2. The minimum atomic E-state index is -0.642. The van der Waals surface area contributed by atoms with Crippen LogP contribution in [0.2, 0.25) is 5.02 Å². The summed E-state index contributed by atoms with van der Waals surface area (Å²) in [5.41, 5.74) is 1.77. The molecule has 1 aliphatic rings. The fraction of sp³-hybridized carbons (Fsp3) is 0.227. The van der Waals surface area contributed by atoms with Crippen LogP contribution in [0, 0.1) is 0 Å². The second kappa shape index (κ2) is 8.76. The van der Waals surface area contributed by atoms with E-state index in [1.807, 2.05) is 48.5 Å². The number of nitrogens with one attached hydrogen (secondary N) is 2. The van der Waals surface area contributed by atoms with Crippen LogP contribution in [0.25, 0.3) is 10.6 Å². The number of hydrogen-bond acceptors (Lipinski definition) is 4.